The van der Waals surface area contributed by atoms with Gasteiger partial charge in [0.1, 0.15) is 11.4 Å². The molecule has 2 aliphatic rings. The summed E-state index contributed by atoms with van der Waals surface area (Å²) in [6.45, 7) is 13.0. The minimum absolute atomic E-state index is 0.000144. The number of aliphatic carboxylic acids is 1. The molecule has 1 N–H and O–H groups in total. The number of aryl methyl sites for hydroxylation is 2. The van der Waals surface area contributed by atoms with Gasteiger partial charge in [-0.15, -0.1) is 0 Å². The second kappa shape index (κ2) is 9.97. The van der Waals surface area contributed by atoms with Crippen LogP contribution in [0.2, 0.25) is 0 Å². The number of hydrogen-bond donors (Lipinski definition) is 1. The largest absolute Gasteiger partial charge is 0.487 e. The summed E-state index contributed by atoms with van der Waals surface area (Å²) in [4.78, 5) is 12.3. The quantitative estimate of drug-likeness (QED) is 0.454. The van der Waals surface area contributed by atoms with Gasteiger partial charge in [0, 0.05) is 11.5 Å². The summed E-state index contributed by atoms with van der Waals surface area (Å²) in [5.74, 6) is -0.422. The van der Waals surface area contributed by atoms with Crippen molar-refractivity contribution in [2.24, 2.45) is 11.8 Å². The van der Waals surface area contributed by atoms with E-state index in [1.165, 1.54) is 16.7 Å². The van der Waals surface area contributed by atoms with E-state index in [1.54, 1.807) is 0 Å². The van der Waals surface area contributed by atoms with Crippen LogP contribution in [0.1, 0.15) is 95.6 Å². The Kier molecular flexibility index (Phi) is 7.33. The molecule has 35 heavy (non-hydrogen) atoms. The van der Waals surface area contributed by atoms with E-state index in [4.69, 9.17) is 9.47 Å². The van der Waals surface area contributed by atoms with Crippen LogP contribution in [0.15, 0.2) is 42.5 Å². The zero-order valence-corrected chi connectivity index (χ0v) is 22.3. The van der Waals surface area contributed by atoms with Gasteiger partial charge in [-0.2, -0.15) is 0 Å². The first-order chi connectivity index (χ1) is 16.5. The van der Waals surface area contributed by atoms with Crippen LogP contribution in [-0.2, 0) is 27.8 Å². The molecule has 0 bridgehead atoms. The average Bonchev–Trinajstić information content (AvgIpc) is 2.80. The van der Waals surface area contributed by atoms with Crippen LogP contribution in [0.4, 0.5) is 0 Å². The molecule has 2 heterocycles. The lowest BCUT2D eigenvalue weighted by atomic mass is 9.71. The molecule has 4 rings (SSSR count). The molecule has 2 aromatic carbocycles. The molecule has 1 fully saturated rings. The standard InChI is InChI=1S/C31H42O4/c1-7-8-9-21-13-17-27-23(18-21)28-25(31(5,6)35-27)19-24(29(32)33)26(34-28)16-12-20-10-14-22(15-11-20)30(2,3)4/h10-11,13-15,17-18,24-26,28H,7-9,12,16,19H2,1-6H3,(H,32,33)/t24-,25+,26+,28-/m1/s1. The molecule has 2 aliphatic heterocycles. The molecule has 0 spiro atoms. The van der Waals surface area contributed by atoms with E-state index in [9.17, 15) is 9.90 Å². The maximum Gasteiger partial charge on any atom is 0.309 e. The van der Waals surface area contributed by atoms with Crippen molar-refractivity contribution in [2.45, 2.75) is 103 Å². The highest BCUT2D eigenvalue weighted by atomic mass is 16.5. The average molecular weight is 479 g/mol. The Labute approximate surface area is 211 Å². The molecule has 4 heteroatoms. The lowest BCUT2D eigenvalue weighted by Gasteiger charge is -2.50. The summed E-state index contributed by atoms with van der Waals surface area (Å²) in [6.07, 6.45) is 4.95. The first-order valence-corrected chi connectivity index (χ1v) is 13.3. The van der Waals surface area contributed by atoms with Gasteiger partial charge < -0.3 is 14.6 Å². The summed E-state index contributed by atoms with van der Waals surface area (Å²) in [7, 11) is 0. The fourth-order valence-electron chi connectivity index (χ4n) is 5.68. The second-order valence-corrected chi connectivity index (χ2v) is 12.0. The predicted octanol–water partition coefficient (Wildman–Crippen LogP) is 7.28. The van der Waals surface area contributed by atoms with Crippen molar-refractivity contribution in [3.63, 3.8) is 0 Å². The zero-order chi connectivity index (χ0) is 25.4. The smallest absolute Gasteiger partial charge is 0.309 e. The van der Waals surface area contributed by atoms with Gasteiger partial charge in [-0.1, -0.05) is 64.4 Å². The first-order valence-electron chi connectivity index (χ1n) is 13.3. The van der Waals surface area contributed by atoms with Crippen molar-refractivity contribution < 1.29 is 19.4 Å². The first kappa shape index (κ1) is 25.8. The summed E-state index contributed by atoms with van der Waals surface area (Å²) < 4.78 is 13.1. The molecule has 4 nitrogen and oxygen atoms in total. The molecule has 0 unspecified atom stereocenters. The summed E-state index contributed by atoms with van der Waals surface area (Å²) in [6, 6.07) is 15.2. The highest BCUT2D eigenvalue weighted by Gasteiger charge is 2.51. The van der Waals surface area contributed by atoms with Crippen LogP contribution < -0.4 is 4.74 Å². The third-order valence-corrected chi connectivity index (χ3v) is 7.96. The van der Waals surface area contributed by atoms with E-state index in [0.717, 1.165) is 37.0 Å². The van der Waals surface area contributed by atoms with Gasteiger partial charge in [0.25, 0.3) is 0 Å². The number of fused-ring (bicyclic) bond motifs is 3. The summed E-state index contributed by atoms with van der Waals surface area (Å²) in [5, 5.41) is 10.1. The van der Waals surface area contributed by atoms with Crippen molar-refractivity contribution in [1.82, 2.24) is 0 Å². The van der Waals surface area contributed by atoms with E-state index >= 15 is 0 Å². The van der Waals surface area contributed by atoms with Gasteiger partial charge in [0.2, 0.25) is 0 Å². The van der Waals surface area contributed by atoms with Crippen molar-refractivity contribution in [1.29, 1.82) is 0 Å². The molecule has 190 valence electrons. The lowest BCUT2D eigenvalue weighted by Crippen LogP contribution is -2.52. The van der Waals surface area contributed by atoms with Crippen molar-refractivity contribution >= 4 is 5.97 Å². The number of rotatable bonds is 7. The van der Waals surface area contributed by atoms with Gasteiger partial charge in [-0.05, 0) is 80.2 Å². The van der Waals surface area contributed by atoms with Crippen LogP contribution in [0.5, 0.6) is 5.75 Å². The molecule has 0 aromatic heterocycles. The van der Waals surface area contributed by atoms with Crippen LogP contribution >= 0.6 is 0 Å². The Hall–Kier alpha value is -2.33. The Morgan fingerprint density at radius 2 is 1.74 bits per heavy atom. The normalized spacial score (nSPS) is 25.3. The second-order valence-electron chi connectivity index (χ2n) is 12.0. The molecule has 2 aromatic rings. The van der Waals surface area contributed by atoms with Crippen molar-refractivity contribution in [3.05, 3.63) is 64.7 Å². The molecular formula is C31H42O4. The maximum absolute atomic E-state index is 12.3. The lowest BCUT2D eigenvalue weighted by molar-refractivity contribution is -0.188. The van der Waals surface area contributed by atoms with Gasteiger partial charge in [0.05, 0.1) is 18.1 Å². The Morgan fingerprint density at radius 3 is 2.37 bits per heavy atom. The minimum atomic E-state index is -0.769. The number of hydrogen-bond acceptors (Lipinski definition) is 3. The van der Waals surface area contributed by atoms with Gasteiger partial charge in [-0.3, -0.25) is 4.79 Å². The summed E-state index contributed by atoms with van der Waals surface area (Å²) in [5.41, 5.74) is 4.56. The molecule has 4 atom stereocenters. The van der Waals surface area contributed by atoms with Crippen LogP contribution in [0.3, 0.4) is 0 Å². The van der Waals surface area contributed by atoms with E-state index in [2.05, 4.69) is 84.0 Å². The van der Waals surface area contributed by atoms with E-state index in [0.29, 0.717) is 12.8 Å². The summed E-state index contributed by atoms with van der Waals surface area (Å²) >= 11 is 0. The molecular weight excluding hydrogens is 436 g/mol. The van der Waals surface area contributed by atoms with E-state index in [-0.39, 0.29) is 23.5 Å². The molecule has 1 saturated heterocycles. The van der Waals surface area contributed by atoms with E-state index < -0.39 is 17.5 Å². The highest BCUT2D eigenvalue weighted by Crippen LogP contribution is 2.52. The zero-order valence-electron chi connectivity index (χ0n) is 22.3. The van der Waals surface area contributed by atoms with Crippen LogP contribution in [-0.4, -0.2) is 22.8 Å². The van der Waals surface area contributed by atoms with Gasteiger partial charge in [-0.25, -0.2) is 0 Å². The van der Waals surface area contributed by atoms with E-state index in [1.807, 2.05) is 0 Å². The third-order valence-electron chi connectivity index (χ3n) is 7.96. The molecule has 0 aliphatic carbocycles. The number of unbranched alkanes of at least 4 members (excludes halogenated alkanes) is 1. The monoisotopic (exact) mass is 478 g/mol. The van der Waals surface area contributed by atoms with Crippen molar-refractivity contribution in [2.75, 3.05) is 0 Å². The fourth-order valence-corrected chi connectivity index (χ4v) is 5.68. The van der Waals surface area contributed by atoms with Gasteiger partial charge >= 0.3 is 5.97 Å². The SMILES string of the molecule is CCCCc1ccc2c(c1)[C@H]1O[C@@H](CCc3ccc(C(C)(C)C)cc3)[C@H](C(=O)O)C[C@@H]1C(C)(C)O2. The Morgan fingerprint density at radius 1 is 1.06 bits per heavy atom. The number of carbonyl (C=O) groups is 1. The van der Waals surface area contributed by atoms with Crippen LogP contribution in [0.25, 0.3) is 0 Å². The number of ether oxygens (including phenoxy) is 2. The Bertz CT molecular complexity index is 1030. The third kappa shape index (κ3) is 5.58. The van der Waals surface area contributed by atoms with Gasteiger partial charge in [0.15, 0.2) is 0 Å². The fraction of sp³-hybridized carbons (Fsp3) is 0.581. The molecule has 0 amide bonds. The molecule has 0 radical (unpaired) electrons. The Balaban J connectivity index is 1.57. The highest BCUT2D eigenvalue weighted by molar-refractivity contribution is 5.71. The number of benzene rings is 2. The number of carboxylic acids is 1. The number of carboxylic acid groups (broad SMARTS) is 1. The predicted molar refractivity (Wildman–Crippen MR) is 140 cm³/mol. The maximum atomic E-state index is 12.3. The minimum Gasteiger partial charge on any atom is -0.487 e. The van der Waals surface area contributed by atoms with Crippen LogP contribution in [0, 0.1) is 11.8 Å². The topological polar surface area (TPSA) is 55.8 Å². The molecule has 0 saturated carbocycles. The van der Waals surface area contributed by atoms with Crippen molar-refractivity contribution in [3.8, 4) is 5.75 Å².